The summed E-state index contributed by atoms with van der Waals surface area (Å²) in [6, 6.07) is 6.23. The topological polar surface area (TPSA) is 32.3 Å². The fourth-order valence-electron chi connectivity index (χ4n) is 2.32. The summed E-state index contributed by atoms with van der Waals surface area (Å²) in [6.45, 7) is 4.16. The molecular formula is C14H21NO. The molecule has 0 aromatic heterocycles. The molecule has 1 aromatic carbocycles. The summed E-state index contributed by atoms with van der Waals surface area (Å²) in [5.74, 6) is 1.30. The van der Waals surface area contributed by atoms with E-state index in [-0.39, 0.29) is 0 Å². The molecule has 2 rings (SSSR count). The van der Waals surface area contributed by atoms with Crippen molar-refractivity contribution < 1.29 is 5.11 Å². The highest BCUT2D eigenvalue weighted by molar-refractivity contribution is 5.50. The monoisotopic (exact) mass is 219 g/mol. The number of nitrogens with one attached hydrogen (secondary N) is 1. The number of phenols is 1. The maximum Gasteiger partial charge on any atom is 0.118 e. The number of hydrogen-bond donors (Lipinski definition) is 2. The van der Waals surface area contributed by atoms with Crippen LogP contribution >= 0.6 is 0 Å². The largest absolute Gasteiger partial charge is 0.508 e. The summed E-state index contributed by atoms with van der Waals surface area (Å²) in [4.78, 5) is 0. The van der Waals surface area contributed by atoms with Gasteiger partial charge in [-0.25, -0.2) is 0 Å². The van der Waals surface area contributed by atoms with E-state index < -0.39 is 0 Å². The Bertz CT molecular complexity index is 358. The third-order valence-corrected chi connectivity index (χ3v) is 3.52. The van der Waals surface area contributed by atoms with Crippen molar-refractivity contribution in [3.05, 3.63) is 23.8 Å². The molecule has 88 valence electrons. The molecule has 1 aliphatic carbocycles. The molecule has 0 bridgehead atoms. The Morgan fingerprint density at radius 2 is 2.19 bits per heavy atom. The Morgan fingerprint density at radius 3 is 2.75 bits per heavy atom. The van der Waals surface area contributed by atoms with Gasteiger partial charge in [0.2, 0.25) is 0 Å². The van der Waals surface area contributed by atoms with Crippen LogP contribution in [0, 0.1) is 12.8 Å². The normalized spacial score (nSPS) is 17.9. The molecule has 0 radical (unpaired) electrons. The molecule has 0 aliphatic heterocycles. The van der Waals surface area contributed by atoms with Crippen molar-refractivity contribution in [1.29, 1.82) is 0 Å². The van der Waals surface area contributed by atoms with Gasteiger partial charge in [-0.2, -0.15) is 0 Å². The van der Waals surface area contributed by atoms with Crippen LogP contribution in [0.15, 0.2) is 18.2 Å². The molecule has 1 saturated carbocycles. The molecule has 0 saturated heterocycles. The second-order valence-corrected chi connectivity index (χ2v) is 5.08. The van der Waals surface area contributed by atoms with E-state index in [1.165, 1.54) is 25.7 Å². The summed E-state index contributed by atoms with van der Waals surface area (Å²) in [6.07, 6.45) is 5.48. The first-order valence-electron chi connectivity index (χ1n) is 6.21. The molecule has 0 spiro atoms. The average Bonchev–Trinajstić information content (AvgIpc) is 2.18. The molecule has 16 heavy (non-hydrogen) atoms. The second kappa shape index (κ2) is 4.77. The predicted octanol–water partition coefficient (Wildman–Crippen LogP) is 3.69. The third kappa shape index (κ3) is 2.69. The van der Waals surface area contributed by atoms with Gasteiger partial charge in [0.15, 0.2) is 0 Å². The summed E-state index contributed by atoms with van der Waals surface area (Å²) >= 11 is 0. The minimum Gasteiger partial charge on any atom is -0.508 e. The van der Waals surface area contributed by atoms with E-state index >= 15 is 0 Å². The zero-order valence-corrected chi connectivity index (χ0v) is 10.2. The quantitative estimate of drug-likeness (QED) is 0.757. The van der Waals surface area contributed by atoms with Crippen LogP contribution in [0.5, 0.6) is 5.75 Å². The van der Waals surface area contributed by atoms with Gasteiger partial charge in [0.05, 0.1) is 0 Å². The lowest BCUT2D eigenvalue weighted by atomic mass is 9.81. The number of anilines is 1. The van der Waals surface area contributed by atoms with Gasteiger partial charge < -0.3 is 10.4 Å². The first-order chi connectivity index (χ1) is 7.65. The fraction of sp³-hybridized carbons (Fsp3) is 0.571. The zero-order chi connectivity index (χ0) is 11.5. The Morgan fingerprint density at radius 1 is 1.44 bits per heavy atom. The SMILES string of the molecule is Cc1cc(NC(C)CC2CCC2)ccc1O. The molecule has 0 heterocycles. The molecule has 2 heteroatoms. The van der Waals surface area contributed by atoms with E-state index in [9.17, 15) is 5.11 Å². The van der Waals surface area contributed by atoms with Gasteiger partial charge in [-0.3, -0.25) is 0 Å². The predicted molar refractivity (Wildman–Crippen MR) is 67.9 cm³/mol. The highest BCUT2D eigenvalue weighted by atomic mass is 16.3. The van der Waals surface area contributed by atoms with E-state index in [4.69, 9.17) is 0 Å². The van der Waals surface area contributed by atoms with Crippen molar-refractivity contribution >= 4 is 5.69 Å². The minimum absolute atomic E-state index is 0.372. The number of aryl methyl sites for hydroxylation is 1. The van der Waals surface area contributed by atoms with Crippen LogP contribution in [0.3, 0.4) is 0 Å². The van der Waals surface area contributed by atoms with Crippen LogP contribution < -0.4 is 5.32 Å². The number of aromatic hydroxyl groups is 1. The van der Waals surface area contributed by atoms with Gasteiger partial charge in [0.1, 0.15) is 5.75 Å². The van der Waals surface area contributed by atoms with Crippen LogP contribution in [0.25, 0.3) is 0 Å². The molecule has 1 aliphatic rings. The highest BCUT2D eigenvalue weighted by Gasteiger charge is 2.19. The molecule has 1 atom stereocenters. The lowest BCUT2D eigenvalue weighted by Gasteiger charge is -2.29. The maximum absolute atomic E-state index is 9.44. The number of hydrogen-bond acceptors (Lipinski definition) is 2. The van der Waals surface area contributed by atoms with Crippen molar-refractivity contribution in [2.45, 2.75) is 45.6 Å². The van der Waals surface area contributed by atoms with Crippen LogP contribution in [0.4, 0.5) is 5.69 Å². The van der Waals surface area contributed by atoms with Crippen LogP contribution in [0.1, 0.15) is 38.2 Å². The first-order valence-corrected chi connectivity index (χ1v) is 6.21. The van der Waals surface area contributed by atoms with E-state index in [0.717, 1.165) is 17.2 Å². The van der Waals surface area contributed by atoms with Crippen molar-refractivity contribution in [2.24, 2.45) is 5.92 Å². The van der Waals surface area contributed by atoms with Gasteiger partial charge >= 0.3 is 0 Å². The molecule has 1 fully saturated rings. The third-order valence-electron chi connectivity index (χ3n) is 3.52. The Labute approximate surface area is 97.7 Å². The molecule has 1 aromatic rings. The van der Waals surface area contributed by atoms with Crippen LogP contribution in [-0.2, 0) is 0 Å². The molecule has 1 unspecified atom stereocenters. The summed E-state index contributed by atoms with van der Waals surface area (Å²) < 4.78 is 0. The Balaban J connectivity index is 1.89. The van der Waals surface area contributed by atoms with Crippen molar-refractivity contribution in [3.63, 3.8) is 0 Å². The molecular weight excluding hydrogens is 198 g/mol. The van der Waals surface area contributed by atoms with Crippen molar-refractivity contribution in [1.82, 2.24) is 0 Å². The van der Waals surface area contributed by atoms with Crippen molar-refractivity contribution in [3.8, 4) is 5.75 Å². The Hall–Kier alpha value is -1.18. The summed E-state index contributed by atoms with van der Waals surface area (Å²) in [5, 5.41) is 12.9. The van der Waals surface area contributed by atoms with E-state index in [0.29, 0.717) is 11.8 Å². The smallest absolute Gasteiger partial charge is 0.118 e. The van der Waals surface area contributed by atoms with Gasteiger partial charge in [0, 0.05) is 11.7 Å². The maximum atomic E-state index is 9.44. The summed E-state index contributed by atoms with van der Waals surface area (Å²) in [5.41, 5.74) is 2.04. The van der Waals surface area contributed by atoms with E-state index in [1.54, 1.807) is 6.07 Å². The van der Waals surface area contributed by atoms with Gasteiger partial charge in [-0.05, 0) is 49.9 Å². The van der Waals surface area contributed by atoms with E-state index in [1.807, 2.05) is 19.1 Å². The lowest BCUT2D eigenvalue weighted by molar-refractivity contribution is 0.286. The first kappa shape index (κ1) is 11.3. The standard InChI is InChI=1S/C14H21NO/c1-10-8-13(6-7-14(10)16)15-11(2)9-12-4-3-5-12/h6-8,11-12,15-16H,3-5,9H2,1-2H3. The average molecular weight is 219 g/mol. The Kier molecular flexibility index (Phi) is 3.37. The second-order valence-electron chi connectivity index (χ2n) is 5.08. The van der Waals surface area contributed by atoms with E-state index in [2.05, 4.69) is 12.2 Å². The number of benzene rings is 1. The van der Waals surface area contributed by atoms with Gasteiger partial charge in [0.25, 0.3) is 0 Å². The lowest BCUT2D eigenvalue weighted by Crippen LogP contribution is -2.23. The molecule has 0 amide bonds. The van der Waals surface area contributed by atoms with Gasteiger partial charge in [-0.15, -0.1) is 0 Å². The minimum atomic E-state index is 0.372. The number of rotatable bonds is 4. The summed E-state index contributed by atoms with van der Waals surface area (Å²) in [7, 11) is 0. The van der Waals surface area contributed by atoms with Gasteiger partial charge in [-0.1, -0.05) is 19.3 Å². The number of phenolic OH excluding ortho intramolecular Hbond substituents is 1. The van der Waals surface area contributed by atoms with Crippen LogP contribution in [-0.4, -0.2) is 11.1 Å². The van der Waals surface area contributed by atoms with Crippen LogP contribution in [0.2, 0.25) is 0 Å². The molecule has 2 N–H and O–H groups in total. The zero-order valence-electron chi connectivity index (χ0n) is 10.2. The van der Waals surface area contributed by atoms with Crippen molar-refractivity contribution in [2.75, 3.05) is 5.32 Å². The fourth-order valence-corrected chi connectivity index (χ4v) is 2.32. The molecule has 2 nitrogen and oxygen atoms in total. The highest BCUT2D eigenvalue weighted by Crippen LogP contribution is 2.31.